The van der Waals surface area contributed by atoms with Crippen LogP contribution < -0.4 is 5.32 Å². The molecule has 0 aliphatic carbocycles. The van der Waals surface area contributed by atoms with Gasteiger partial charge in [0.15, 0.2) is 0 Å². The summed E-state index contributed by atoms with van der Waals surface area (Å²) in [5.41, 5.74) is 0. The average Bonchev–Trinajstić information content (AvgIpc) is 2.74. The summed E-state index contributed by atoms with van der Waals surface area (Å²) in [5.74, 6) is 3.49. The van der Waals surface area contributed by atoms with E-state index in [9.17, 15) is 0 Å². The van der Waals surface area contributed by atoms with Crippen molar-refractivity contribution in [3.8, 4) is 0 Å². The molecule has 3 unspecified atom stereocenters. The summed E-state index contributed by atoms with van der Waals surface area (Å²) in [7, 11) is 0. The van der Waals surface area contributed by atoms with E-state index >= 15 is 0 Å². The predicted molar refractivity (Wildman–Crippen MR) is 99.3 cm³/mol. The molecular weight excluding hydrogens is 268 g/mol. The molecule has 2 heteroatoms. The second kappa shape index (κ2) is 11.5. The fourth-order valence-corrected chi connectivity index (χ4v) is 3.99. The van der Waals surface area contributed by atoms with Crippen molar-refractivity contribution >= 4 is 0 Å². The van der Waals surface area contributed by atoms with Gasteiger partial charge in [0, 0.05) is 19.6 Å². The maximum atomic E-state index is 3.52. The highest BCUT2D eigenvalue weighted by atomic mass is 15.2. The summed E-state index contributed by atoms with van der Waals surface area (Å²) in [4.78, 5) is 2.70. The maximum Gasteiger partial charge on any atom is 0.0107 e. The lowest BCUT2D eigenvalue weighted by Crippen LogP contribution is -2.35. The van der Waals surface area contributed by atoms with Crippen LogP contribution in [0.1, 0.15) is 73.1 Å². The van der Waals surface area contributed by atoms with Crippen LogP contribution >= 0.6 is 0 Å². The van der Waals surface area contributed by atoms with Gasteiger partial charge in [-0.1, -0.05) is 60.3 Å². The Kier molecular flexibility index (Phi) is 10.4. The van der Waals surface area contributed by atoms with E-state index in [4.69, 9.17) is 0 Å². The number of hydrogen-bond acceptors (Lipinski definition) is 2. The largest absolute Gasteiger partial charge is 0.315 e. The van der Waals surface area contributed by atoms with Crippen LogP contribution in [0.4, 0.5) is 0 Å². The Morgan fingerprint density at radius 1 is 0.909 bits per heavy atom. The molecule has 0 bridgehead atoms. The van der Waals surface area contributed by atoms with Crippen molar-refractivity contribution in [3.05, 3.63) is 0 Å². The third-order valence-electron chi connectivity index (χ3n) is 5.65. The lowest BCUT2D eigenvalue weighted by atomic mass is 9.78. The summed E-state index contributed by atoms with van der Waals surface area (Å²) in [5, 5.41) is 3.52. The quantitative estimate of drug-likeness (QED) is 0.583. The molecule has 0 aromatic rings. The van der Waals surface area contributed by atoms with Crippen molar-refractivity contribution in [2.45, 2.75) is 73.1 Å². The lowest BCUT2D eigenvalue weighted by molar-refractivity contribution is 0.160. The molecule has 0 amide bonds. The van der Waals surface area contributed by atoms with E-state index in [1.807, 2.05) is 0 Å². The maximum absolute atomic E-state index is 3.52. The van der Waals surface area contributed by atoms with Crippen LogP contribution in [0.15, 0.2) is 0 Å². The minimum atomic E-state index is 0.840. The number of unbranched alkanes of at least 4 members (excludes halogenated alkanes) is 1. The van der Waals surface area contributed by atoms with Gasteiger partial charge in [0.05, 0.1) is 0 Å². The first-order valence-electron chi connectivity index (χ1n) is 9.97. The Morgan fingerprint density at radius 3 is 2.32 bits per heavy atom. The molecule has 1 aliphatic rings. The highest BCUT2D eigenvalue weighted by Gasteiger charge is 2.24. The van der Waals surface area contributed by atoms with Gasteiger partial charge in [0.2, 0.25) is 0 Å². The summed E-state index contributed by atoms with van der Waals surface area (Å²) in [6, 6.07) is 0. The predicted octanol–water partition coefficient (Wildman–Crippen LogP) is 4.80. The topological polar surface area (TPSA) is 15.3 Å². The van der Waals surface area contributed by atoms with E-state index < -0.39 is 0 Å². The lowest BCUT2D eigenvalue weighted by Gasteiger charge is -2.33. The van der Waals surface area contributed by atoms with Gasteiger partial charge in [0.25, 0.3) is 0 Å². The van der Waals surface area contributed by atoms with Gasteiger partial charge in [-0.05, 0) is 49.6 Å². The van der Waals surface area contributed by atoms with Crippen molar-refractivity contribution < 1.29 is 0 Å². The van der Waals surface area contributed by atoms with E-state index in [1.165, 1.54) is 71.2 Å². The normalized spacial score (nSPS) is 21.5. The van der Waals surface area contributed by atoms with Gasteiger partial charge in [-0.2, -0.15) is 0 Å². The molecule has 0 spiro atoms. The number of hydrogen-bond donors (Lipinski definition) is 1. The number of rotatable bonds is 10. The molecule has 0 saturated carbocycles. The summed E-state index contributed by atoms with van der Waals surface area (Å²) in [6.07, 6.45) is 8.34. The molecule has 1 aliphatic heterocycles. The molecule has 2 nitrogen and oxygen atoms in total. The van der Waals surface area contributed by atoms with E-state index in [2.05, 4.69) is 44.8 Å². The molecule has 1 heterocycles. The van der Waals surface area contributed by atoms with E-state index in [0.717, 1.165) is 23.7 Å². The van der Waals surface area contributed by atoms with Crippen LogP contribution in [0.5, 0.6) is 0 Å². The zero-order valence-electron chi connectivity index (χ0n) is 16.0. The Morgan fingerprint density at radius 2 is 1.64 bits per heavy atom. The second-order valence-electron chi connectivity index (χ2n) is 8.11. The Balaban J connectivity index is 2.42. The average molecular weight is 311 g/mol. The summed E-state index contributed by atoms with van der Waals surface area (Å²) >= 11 is 0. The van der Waals surface area contributed by atoms with Gasteiger partial charge in [-0.15, -0.1) is 0 Å². The number of nitrogens with one attached hydrogen (secondary N) is 1. The molecule has 1 saturated heterocycles. The molecule has 1 rings (SSSR count). The van der Waals surface area contributed by atoms with E-state index in [-0.39, 0.29) is 0 Å². The van der Waals surface area contributed by atoms with Gasteiger partial charge >= 0.3 is 0 Å². The zero-order chi connectivity index (χ0) is 16.4. The van der Waals surface area contributed by atoms with Crippen LogP contribution in [-0.4, -0.2) is 37.6 Å². The van der Waals surface area contributed by atoms with Crippen molar-refractivity contribution in [1.29, 1.82) is 0 Å². The van der Waals surface area contributed by atoms with Crippen LogP contribution in [-0.2, 0) is 0 Å². The summed E-state index contributed by atoms with van der Waals surface area (Å²) in [6.45, 7) is 18.3. The first kappa shape index (κ1) is 20.0. The van der Waals surface area contributed by atoms with E-state index in [1.54, 1.807) is 0 Å². The van der Waals surface area contributed by atoms with Crippen LogP contribution in [0.2, 0.25) is 0 Å². The minimum absolute atomic E-state index is 0.840. The monoisotopic (exact) mass is 310 g/mol. The second-order valence-corrected chi connectivity index (χ2v) is 8.11. The first-order chi connectivity index (χ1) is 10.5. The zero-order valence-corrected chi connectivity index (χ0v) is 16.0. The molecule has 0 radical (unpaired) electrons. The Hall–Kier alpha value is -0.0800. The van der Waals surface area contributed by atoms with Crippen LogP contribution in [0, 0.1) is 23.7 Å². The fourth-order valence-electron chi connectivity index (χ4n) is 3.99. The highest BCUT2D eigenvalue weighted by Crippen LogP contribution is 2.30. The van der Waals surface area contributed by atoms with Crippen LogP contribution in [0.3, 0.4) is 0 Å². The van der Waals surface area contributed by atoms with Crippen molar-refractivity contribution in [1.82, 2.24) is 10.2 Å². The molecule has 1 N–H and O–H groups in total. The van der Waals surface area contributed by atoms with Crippen molar-refractivity contribution in [2.75, 3.05) is 32.7 Å². The molecule has 0 aromatic carbocycles. The SMILES string of the molecule is CCC(C)C(CCCCC(C)C)C(C)CN1CCCNCC1. The number of nitrogens with zero attached hydrogens (tertiary/aromatic N) is 1. The first-order valence-corrected chi connectivity index (χ1v) is 9.97. The van der Waals surface area contributed by atoms with Gasteiger partial charge in [-0.3, -0.25) is 0 Å². The van der Waals surface area contributed by atoms with Crippen molar-refractivity contribution in [3.63, 3.8) is 0 Å². The third kappa shape index (κ3) is 7.97. The van der Waals surface area contributed by atoms with E-state index in [0.29, 0.717) is 0 Å². The fraction of sp³-hybridized carbons (Fsp3) is 1.00. The van der Waals surface area contributed by atoms with Crippen molar-refractivity contribution in [2.24, 2.45) is 23.7 Å². The summed E-state index contributed by atoms with van der Waals surface area (Å²) < 4.78 is 0. The van der Waals surface area contributed by atoms with Gasteiger partial charge < -0.3 is 10.2 Å². The minimum Gasteiger partial charge on any atom is -0.315 e. The molecule has 132 valence electrons. The van der Waals surface area contributed by atoms with Crippen LogP contribution in [0.25, 0.3) is 0 Å². The molecular formula is C20H42N2. The smallest absolute Gasteiger partial charge is 0.0107 e. The Bertz CT molecular complexity index is 256. The third-order valence-corrected chi connectivity index (χ3v) is 5.65. The molecule has 22 heavy (non-hydrogen) atoms. The Labute approximate surface area is 140 Å². The highest BCUT2D eigenvalue weighted by molar-refractivity contribution is 4.76. The standard InChI is InChI=1S/C20H42N2/c1-6-18(4)20(11-8-7-10-17(2)3)19(5)16-22-14-9-12-21-13-15-22/h17-21H,6-16H2,1-5H3. The molecule has 1 fully saturated rings. The van der Waals surface area contributed by atoms with Gasteiger partial charge in [-0.25, -0.2) is 0 Å². The molecule has 0 aromatic heterocycles. The van der Waals surface area contributed by atoms with Gasteiger partial charge in [0.1, 0.15) is 0 Å². The molecule has 3 atom stereocenters.